The zero-order valence-electron chi connectivity index (χ0n) is 10.8. The molecule has 1 fully saturated rings. The molecule has 0 spiro atoms. The van der Waals surface area contributed by atoms with E-state index in [2.05, 4.69) is 15.1 Å². The number of hydrogen-bond acceptors (Lipinski definition) is 5. The number of ether oxygens (including phenoxy) is 2. The lowest BCUT2D eigenvalue weighted by Gasteiger charge is -2.26. The summed E-state index contributed by atoms with van der Waals surface area (Å²) < 4.78 is 11.0. The number of morpholine rings is 1. The van der Waals surface area contributed by atoms with Gasteiger partial charge in [-0.3, -0.25) is 10.00 Å². The molecular formula is C13H18N4O2. The Hall–Kier alpha value is -1.79. The summed E-state index contributed by atoms with van der Waals surface area (Å²) in [5, 5.41) is 8.07. The number of fused-ring (bicyclic) bond motifs is 1. The molecule has 2 heterocycles. The van der Waals surface area contributed by atoms with E-state index in [0.29, 0.717) is 12.5 Å². The molecule has 0 saturated carbocycles. The minimum absolute atomic E-state index is 0.629. The predicted octanol–water partition coefficient (Wildman–Crippen LogP) is 0.856. The van der Waals surface area contributed by atoms with Gasteiger partial charge in [-0.2, -0.15) is 0 Å². The van der Waals surface area contributed by atoms with Gasteiger partial charge in [0.15, 0.2) is 0 Å². The number of rotatable bonds is 4. The highest BCUT2D eigenvalue weighted by Crippen LogP contribution is 2.24. The van der Waals surface area contributed by atoms with E-state index in [1.807, 2.05) is 18.2 Å². The monoisotopic (exact) mass is 262 g/mol. The molecule has 1 aliphatic rings. The molecule has 0 atom stereocenters. The van der Waals surface area contributed by atoms with Crippen LogP contribution in [-0.2, 0) is 4.74 Å². The van der Waals surface area contributed by atoms with Crippen molar-refractivity contribution in [3.63, 3.8) is 0 Å². The van der Waals surface area contributed by atoms with E-state index in [1.54, 1.807) is 0 Å². The summed E-state index contributed by atoms with van der Waals surface area (Å²) >= 11 is 0. The quantitative estimate of drug-likeness (QED) is 0.799. The lowest BCUT2D eigenvalue weighted by molar-refractivity contribution is 0.0321. The van der Waals surface area contributed by atoms with Gasteiger partial charge in [0, 0.05) is 25.3 Å². The second-order valence-electron chi connectivity index (χ2n) is 4.64. The predicted molar refractivity (Wildman–Crippen MR) is 73.3 cm³/mol. The summed E-state index contributed by atoms with van der Waals surface area (Å²) in [6, 6.07) is 5.64. The number of nitrogens with zero attached hydrogens (tertiary/aromatic N) is 2. The van der Waals surface area contributed by atoms with Crippen LogP contribution in [0.15, 0.2) is 18.2 Å². The van der Waals surface area contributed by atoms with Gasteiger partial charge < -0.3 is 15.2 Å². The van der Waals surface area contributed by atoms with Crippen LogP contribution in [0.3, 0.4) is 0 Å². The molecular weight excluding hydrogens is 244 g/mol. The van der Waals surface area contributed by atoms with Crippen LogP contribution in [0, 0.1) is 0 Å². The molecule has 0 unspecified atom stereocenters. The molecule has 6 heteroatoms. The number of nitrogen functional groups attached to an aromatic ring is 1. The number of anilines is 1. The second kappa shape index (κ2) is 5.46. The van der Waals surface area contributed by atoms with Gasteiger partial charge in [-0.05, 0) is 18.2 Å². The molecule has 0 aliphatic carbocycles. The standard InChI is InChI=1S/C13H18N4O2/c14-10-1-2-11-12(9-10)15-16-13(11)19-8-5-17-3-6-18-7-4-17/h1-2,9H,3-8,14H2,(H,15,16). The summed E-state index contributed by atoms with van der Waals surface area (Å²) in [5.41, 5.74) is 7.35. The number of aromatic amines is 1. The van der Waals surface area contributed by atoms with Crippen LogP contribution in [0.4, 0.5) is 5.69 Å². The van der Waals surface area contributed by atoms with Gasteiger partial charge in [0.2, 0.25) is 5.88 Å². The Morgan fingerprint density at radius 2 is 2.21 bits per heavy atom. The Labute approximate surface area is 111 Å². The van der Waals surface area contributed by atoms with E-state index in [0.717, 1.165) is 49.4 Å². The minimum Gasteiger partial charge on any atom is -0.475 e. The molecule has 3 rings (SSSR count). The van der Waals surface area contributed by atoms with Crippen molar-refractivity contribution in [1.29, 1.82) is 0 Å². The average Bonchev–Trinajstić information content (AvgIpc) is 2.82. The average molecular weight is 262 g/mol. The molecule has 0 bridgehead atoms. The highest BCUT2D eigenvalue weighted by Gasteiger charge is 2.11. The van der Waals surface area contributed by atoms with Gasteiger partial charge in [-0.25, -0.2) is 0 Å². The van der Waals surface area contributed by atoms with Gasteiger partial charge in [0.25, 0.3) is 0 Å². The summed E-state index contributed by atoms with van der Waals surface area (Å²) in [6.45, 7) is 5.09. The first-order valence-corrected chi connectivity index (χ1v) is 6.49. The van der Waals surface area contributed by atoms with E-state index in [-0.39, 0.29) is 0 Å². The Morgan fingerprint density at radius 3 is 3.05 bits per heavy atom. The highest BCUT2D eigenvalue weighted by molar-refractivity contribution is 5.86. The van der Waals surface area contributed by atoms with Gasteiger partial charge in [0.05, 0.1) is 24.1 Å². The third kappa shape index (κ3) is 2.80. The molecule has 3 N–H and O–H groups in total. The van der Waals surface area contributed by atoms with E-state index < -0.39 is 0 Å². The van der Waals surface area contributed by atoms with Crippen LogP contribution in [0.1, 0.15) is 0 Å². The first-order valence-electron chi connectivity index (χ1n) is 6.49. The Morgan fingerprint density at radius 1 is 1.37 bits per heavy atom. The largest absolute Gasteiger partial charge is 0.475 e. The lowest BCUT2D eigenvalue weighted by Crippen LogP contribution is -2.38. The maximum absolute atomic E-state index is 5.74. The van der Waals surface area contributed by atoms with Crippen molar-refractivity contribution in [3.05, 3.63) is 18.2 Å². The smallest absolute Gasteiger partial charge is 0.240 e. The molecule has 19 heavy (non-hydrogen) atoms. The van der Waals surface area contributed by atoms with Crippen molar-refractivity contribution in [2.24, 2.45) is 0 Å². The minimum atomic E-state index is 0.629. The maximum atomic E-state index is 5.74. The van der Waals surface area contributed by atoms with Crippen LogP contribution in [-0.4, -0.2) is 54.6 Å². The molecule has 6 nitrogen and oxygen atoms in total. The Kier molecular flexibility index (Phi) is 3.52. The summed E-state index contributed by atoms with van der Waals surface area (Å²) in [6.07, 6.45) is 0. The fourth-order valence-corrected chi connectivity index (χ4v) is 2.22. The van der Waals surface area contributed by atoms with Crippen LogP contribution in [0.5, 0.6) is 5.88 Å². The molecule has 1 aromatic heterocycles. The van der Waals surface area contributed by atoms with Crippen LogP contribution < -0.4 is 10.5 Å². The number of nitrogens with two attached hydrogens (primary N) is 1. The van der Waals surface area contributed by atoms with Crippen molar-refractivity contribution < 1.29 is 9.47 Å². The first-order chi connectivity index (χ1) is 9.33. The van der Waals surface area contributed by atoms with Crippen LogP contribution >= 0.6 is 0 Å². The lowest BCUT2D eigenvalue weighted by atomic mass is 10.2. The van der Waals surface area contributed by atoms with Crippen molar-refractivity contribution in [2.45, 2.75) is 0 Å². The fourth-order valence-electron chi connectivity index (χ4n) is 2.22. The zero-order chi connectivity index (χ0) is 13.1. The van der Waals surface area contributed by atoms with Gasteiger partial charge in [-0.15, -0.1) is 5.10 Å². The van der Waals surface area contributed by atoms with Gasteiger partial charge >= 0.3 is 0 Å². The molecule has 0 radical (unpaired) electrons. The van der Waals surface area contributed by atoms with Crippen molar-refractivity contribution in [1.82, 2.24) is 15.1 Å². The molecule has 0 amide bonds. The molecule has 1 saturated heterocycles. The number of nitrogens with one attached hydrogen (secondary N) is 1. The molecule has 2 aromatic rings. The number of benzene rings is 1. The summed E-state index contributed by atoms with van der Waals surface area (Å²) in [7, 11) is 0. The third-order valence-corrected chi connectivity index (χ3v) is 3.30. The topological polar surface area (TPSA) is 76.4 Å². The van der Waals surface area contributed by atoms with E-state index >= 15 is 0 Å². The molecule has 1 aliphatic heterocycles. The van der Waals surface area contributed by atoms with Crippen LogP contribution in [0.25, 0.3) is 10.9 Å². The highest BCUT2D eigenvalue weighted by atomic mass is 16.5. The Balaban J connectivity index is 1.59. The van der Waals surface area contributed by atoms with Gasteiger partial charge in [0.1, 0.15) is 6.61 Å². The maximum Gasteiger partial charge on any atom is 0.240 e. The van der Waals surface area contributed by atoms with Gasteiger partial charge in [-0.1, -0.05) is 0 Å². The fraction of sp³-hybridized carbons (Fsp3) is 0.462. The SMILES string of the molecule is Nc1ccc2c(OCCN3CCOCC3)n[nH]c2c1. The first kappa shape index (κ1) is 12.3. The Bertz CT molecular complexity index is 549. The summed E-state index contributed by atoms with van der Waals surface area (Å²) in [5.74, 6) is 0.642. The second-order valence-corrected chi connectivity index (χ2v) is 4.64. The van der Waals surface area contributed by atoms with Crippen molar-refractivity contribution in [3.8, 4) is 5.88 Å². The van der Waals surface area contributed by atoms with E-state index in [4.69, 9.17) is 15.2 Å². The number of H-pyrrole nitrogens is 1. The normalized spacial score (nSPS) is 16.8. The number of hydrogen-bond donors (Lipinski definition) is 2. The van der Waals surface area contributed by atoms with E-state index in [1.165, 1.54) is 0 Å². The molecule has 1 aromatic carbocycles. The third-order valence-electron chi connectivity index (χ3n) is 3.30. The van der Waals surface area contributed by atoms with Crippen molar-refractivity contribution >= 4 is 16.6 Å². The number of aromatic nitrogens is 2. The molecule has 102 valence electrons. The zero-order valence-corrected chi connectivity index (χ0v) is 10.8. The van der Waals surface area contributed by atoms with Crippen molar-refractivity contribution in [2.75, 3.05) is 45.2 Å². The summed E-state index contributed by atoms with van der Waals surface area (Å²) in [4.78, 5) is 2.33. The van der Waals surface area contributed by atoms with Crippen LogP contribution in [0.2, 0.25) is 0 Å². The van der Waals surface area contributed by atoms with E-state index in [9.17, 15) is 0 Å².